The van der Waals surface area contributed by atoms with E-state index in [2.05, 4.69) is 44.6 Å². The van der Waals surface area contributed by atoms with Crippen LogP contribution in [0.3, 0.4) is 0 Å². The van der Waals surface area contributed by atoms with E-state index in [0.717, 1.165) is 19.3 Å². The molecule has 1 rings (SSSR count). The third kappa shape index (κ3) is 4.16. The predicted octanol–water partition coefficient (Wildman–Crippen LogP) is 5.25. The van der Waals surface area contributed by atoms with Gasteiger partial charge in [-0.25, -0.2) is 0 Å². The molecule has 0 bridgehead atoms. The first kappa shape index (κ1) is 18.8. The van der Waals surface area contributed by atoms with Crippen molar-refractivity contribution >= 4 is 5.97 Å². The Hall–Kier alpha value is -1.22. The van der Waals surface area contributed by atoms with E-state index < -0.39 is 5.54 Å². The molecule has 0 heterocycles. The zero-order valence-electron chi connectivity index (χ0n) is 15.0. The van der Waals surface area contributed by atoms with E-state index in [1.807, 2.05) is 0 Å². The lowest BCUT2D eigenvalue weighted by atomic mass is 9.55. The summed E-state index contributed by atoms with van der Waals surface area (Å²) in [4.78, 5) is 14.8. The summed E-state index contributed by atoms with van der Waals surface area (Å²) in [5.41, 5.74) is 8.69. The van der Waals surface area contributed by atoms with Crippen molar-refractivity contribution in [2.24, 2.45) is 21.9 Å². The van der Waals surface area contributed by atoms with Crippen LogP contribution in [0.1, 0.15) is 73.6 Å². The molecule has 2 atom stereocenters. The van der Waals surface area contributed by atoms with E-state index in [0.29, 0.717) is 25.4 Å². The van der Waals surface area contributed by atoms with Gasteiger partial charge in [-0.2, -0.15) is 0 Å². The Balaban J connectivity index is 2.94. The van der Waals surface area contributed by atoms with Crippen LogP contribution in [0, 0.1) is 16.7 Å². The highest BCUT2D eigenvalue weighted by atomic mass is 16.5. The van der Waals surface area contributed by atoms with Gasteiger partial charge in [0.1, 0.15) is 0 Å². The summed E-state index contributed by atoms with van der Waals surface area (Å²) < 4.78 is 5.03. The van der Waals surface area contributed by atoms with E-state index in [-0.39, 0.29) is 16.8 Å². The molecule has 1 saturated carbocycles. The molecular formula is C17H31N3O2. The Labute approximate surface area is 134 Å². The first-order valence-electron chi connectivity index (χ1n) is 8.30. The predicted molar refractivity (Wildman–Crippen MR) is 88.3 cm³/mol. The zero-order valence-corrected chi connectivity index (χ0v) is 15.0. The van der Waals surface area contributed by atoms with E-state index in [1.165, 1.54) is 0 Å². The highest BCUT2D eigenvalue weighted by molar-refractivity contribution is 5.69. The molecule has 0 N–H and O–H groups in total. The number of rotatable bonds is 5. The van der Waals surface area contributed by atoms with Crippen molar-refractivity contribution in [1.82, 2.24) is 0 Å². The van der Waals surface area contributed by atoms with Crippen LogP contribution in [0.2, 0.25) is 0 Å². The van der Waals surface area contributed by atoms with Crippen molar-refractivity contribution in [1.29, 1.82) is 0 Å². The van der Waals surface area contributed by atoms with Crippen molar-refractivity contribution < 1.29 is 9.53 Å². The third-order valence-corrected chi connectivity index (χ3v) is 5.43. The second-order valence-electron chi connectivity index (χ2n) is 8.22. The van der Waals surface area contributed by atoms with Crippen LogP contribution in [0.15, 0.2) is 5.11 Å². The molecule has 1 fully saturated rings. The van der Waals surface area contributed by atoms with Crippen LogP contribution >= 0.6 is 0 Å². The number of hydrogen-bond donors (Lipinski definition) is 0. The highest BCUT2D eigenvalue weighted by Crippen LogP contribution is 2.54. The molecule has 0 aromatic rings. The van der Waals surface area contributed by atoms with Gasteiger partial charge in [0.05, 0.1) is 12.1 Å². The molecule has 0 aromatic carbocycles. The van der Waals surface area contributed by atoms with Crippen molar-refractivity contribution in [2.75, 3.05) is 6.61 Å². The molecule has 0 spiro atoms. The van der Waals surface area contributed by atoms with Crippen LogP contribution in [-0.4, -0.2) is 18.1 Å². The van der Waals surface area contributed by atoms with Gasteiger partial charge in [-0.1, -0.05) is 39.7 Å². The van der Waals surface area contributed by atoms with Gasteiger partial charge in [0, 0.05) is 11.3 Å². The fourth-order valence-corrected chi connectivity index (χ4v) is 3.72. The van der Waals surface area contributed by atoms with E-state index in [1.54, 1.807) is 6.92 Å². The summed E-state index contributed by atoms with van der Waals surface area (Å²) >= 11 is 0. The Morgan fingerprint density at radius 2 is 2.05 bits per heavy atom. The molecular weight excluding hydrogens is 278 g/mol. The minimum atomic E-state index is -0.490. The summed E-state index contributed by atoms with van der Waals surface area (Å²) in [7, 11) is 0. The largest absolute Gasteiger partial charge is 0.466 e. The van der Waals surface area contributed by atoms with Gasteiger partial charge in [-0.05, 0) is 54.9 Å². The van der Waals surface area contributed by atoms with E-state index in [9.17, 15) is 4.79 Å². The first-order valence-corrected chi connectivity index (χ1v) is 8.30. The SMILES string of the molecule is CCOC(=O)CC[C@@]1(N=[N+]=[N-])CC[C@H](C(C)(C)C)CC1(C)C. The lowest BCUT2D eigenvalue weighted by Gasteiger charge is -2.52. The van der Waals surface area contributed by atoms with Gasteiger partial charge in [0.2, 0.25) is 0 Å². The fourth-order valence-electron chi connectivity index (χ4n) is 3.72. The monoisotopic (exact) mass is 309 g/mol. The van der Waals surface area contributed by atoms with Crippen LogP contribution in [0.5, 0.6) is 0 Å². The Morgan fingerprint density at radius 1 is 1.41 bits per heavy atom. The molecule has 5 nitrogen and oxygen atoms in total. The van der Waals surface area contributed by atoms with Gasteiger partial charge in [0.25, 0.3) is 0 Å². The maximum absolute atomic E-state index is 11.7. The maximum atomic E-state index is 11.7. The van der Waals surface area contributed by atoms with Gasteiger partial charge in [0.15, 0.2) is 0 Å². The molecule has 0 radical (unpaired) electrons. The number of carbonyl (C=O) groups excluding carboxylic acids is 1. The number of hydrogen-bond acceptors (Lipinski definition) is 3. The third-order valence-electron chi connectivity index (χ3n) is 5.43. The fraction of sp³-hybridized carbons (Fsp3) is 0.941. The van der Waals surface area contributed by atoms with Crippen LogP contribution in [-0.2, 0) is 9.53 Å². The molecule has 1 aliphatic rings. The standard InChI is InChI=1S/C17H31N3O2/c1-7-22-14(21)9-11-17(19-20-18)10-8-13(15(2,3)4)12-16(17,5)6/h13H,7-12H2,1-6H3/t13-,17-/m0/s1. The average Bonchev–Trinajstić information content (AvgIpc) is 2.38. The smallest absolute Gasteiger partial charge is 0.305 e. The average molecular weight is 309 g/mol. The lowest BCUT2D eigenvalue weighted by molar-refractivity contribution is -0.144. The Morgan fingerprint density at radius 3 is 2.50 bits per heavy atom. The van der Waals surface area contributed by atoms with Gasteiger partial charge in [-0.15, -0.1) is 0 Å². The van der Waals surface area contributed by atoms with Gasteiger partial charge in [-0.3, -0.25) is 4.79 Å². The van der Waals surface area contributed by atoms with Crippen molar-refractivity contribution in [3.8, 4) is 0 Å². The number of ether oxygens (including phenoxy) is 1. The summed E-state index contributed by atoms with van der Waals surface area (Å²) in [6.07, 6.45) is 3.77. The molecule has 22 heavy (non-hydrogen) atoms. The molecule has 0 aromatic heterocycles. The highest BCUT2D eigenvalue weighted by Gasteiger charge is 2.50. The van der Waals surface area contributed by atoms with Crippen molar-refractivity contribution in [2.45, 2.75) is 79.2 Å². The maximum Gasteiger partial charge on any atom is 0.305 e. The topological polar surface area (TPSA) is 75.1 Å². The lowest BCUT2D eigenvalue weighted by Crippen LogP contribution is -2.49. The first-order chi connectivity index (χ1) is 10.1. The second kappa shape index (κ2) is 6.91. The zero-order chi connectivity index (χ0) is 17.0. The number of esters is 1. The summed E-state index contributed by atoms with van der Waals surface area (Å²) in [6, 6.07) is 0. The number of carbonyl (C=O) groups is 1. The number of nitrogens with zero attached hydrogens (tertiary/aromatic N) is 3. The molecule has 0 unspecified atom stereocenters. The summed E-state index contributed by atoms with van der Waals surface area (Å²) in [5.74, 6) is 0.399. The molecule has 126 valence electrons. The number of azide groups is 1. The second-order valence-corrected chi connectivity index (χ2v) is 8.22. The Bertz CT molecular complexity index is 447. The Kier molecular flexibility index (Phi) is 5.91. The quantitative estimate of drug-likeness (QED) is 0.301. The van der Waals surface area contributed by atoms with Gasteiger partial charge >= 0.3 is 5.97 Å². The minimum absolute atomic E-state index is 0.123. The molecule has 0 aliphatic heterocycles. The van der Waals surface area contributed by atoms with Crippen molar-refractivity contribution in [3.63, 3.8) is 0 Å². The van der Waals surface area contributed by atoms with E-state index in [4.69, 9.17) is 10.3 Å². The minimum Gasteiger partial charge on any atom is -0.466 e. The van der Waals surface area contributed by atoms with Crippen LogP contribution in [0.25, 0.3) is 10.4 Å². The molecule has 0 saturated heterocycles. The van der Waals surface area contributed by atoms with E-state index >= 15 is 0 Å². The molecule has 5 heteroatoms. The summed E-state index contributed by atoms with van der Waals surface area (Å²) in [5, 5.41) is 4.19. The van der Waals surface area contributed by atoms with Gasteiger partial charge < -0.3 is 4.74 Å². The molecule has 0 amide bonds. The van der Waals surface area contributed by atoms with Crippen LogP contribution in [0.4, 0.5) is 0 Å². The normalized spacial score (nSPS) is 27.8. The summed E-state index contributed by atoms with van der Waals surface area (Å²) in [6.45, 7) is 13.4. The molecule has 1 aliphatic carbocycles. The van der Waals surface area contributed by atoms with Crippen molar-refractivity contribution in [3.05, 3.63) is 10.4 Å². The van der Waals surface area contributed by atoms with Crippen LogP contribution < -0.4 is 0 Å².